The molecule has 2 rings (SSSR count). The quantitative estimate of drug-likeness (QED) is 0.809. The topological polar surface area (TPSA) is 40.6 Å². The number of hydrogen-bond donors (Lipinski definition) is 0. The highest BCUT2D eigenvalue weighted by atomic mass is 16.2. The summed E-state index contributed by atoms with van der Waals surface area (Å²) in [5.74, 6) is 0.188. The fourth-order valence-corrected chi connectivity index (χ4v) is 2.52. The molecule has 1 aliphatic rings. The van der Waals surface area contributed by atoms with E-state index in [9.17, 15) is 9.59 Å². The van der Waals surface area contributed by atoms with Gasteiger partial charge < -0.3 is 9.69 Å². The Morgan fingerprint density at radius 3 is 2.36 bits per heavy atom. The van der Waals surface area contributed by atoms with Crippen molar-refractivity contribution in [2.24, 2.45) is 0 Å². The largest absolute Gasteiger partial charge is 0.340 e. The van der Waals surface area contributed by atoms with Crippen LogP contribution in [0.2, 0.25) is 0 Å². The normalized spacial score (nSPS) is 16.1. The van der Waals surface area contributed by atoms with Crippen molar-refractivity contribution < 1.29 is 9.59 Å². The van der Waals surface area contributed by atoms with Crippen molar-refractivity contribution >= 4 is 17.8 Å². The average molecular weight is 300 g/mol. The maximum absolute atomic E-state index is 11.9. The Bertz CT molecular complexity index is 517. The smallest absolute Gasteiger partial charge is 0.223 e. The van der Waals surface area contributed by atoms with E-state index < -0.39 is 0 Å². The van der Waals surface area contributed by atoms with E-state index in [1.165, 1.54) is 12.5 Å². The molecule has 1 fully saturated rings. The van der Waals surface area contributed by atoms with Gasteiger partial charge in [-0.25, -0.2) is 0 Å². The number of ketones is 1. The minimum Gasteiger partial charge on any atom is -0.340 e. The minimum absolute atomic E-state index is 0.0815. The summed E-state index contributed by atoms with van der Waals surface area (Å²) in [6.45, 7) is 5.75. The van der Waals surface area contributed by atoms with Crippen molar-refractivity contribution in [2.45, 2.75) is 19.8 Å². The molecule has 0 saturated carbocycles. The van der Waals surface area contributed by atoms with Gasteiger partial charge in [-0.3, -0.25) is 9.69 Å². The lowest BCUT2D eigenvalue weighted by molar-refractivity contribution is -0.134. The van der Waals surface area contributed by atoms with Crippen molar-refractivity contribution in [2.75, 3.05) is 32.7 Å². The van der Waals surface area contributed by atoms with Crippen LogP contribution < -0.4 is 0 Å². The SMILES string of the molecule is CC(=O)CCC(=O)N1CCN(C/C=C/c2ccccc2)CC1. The second-order valence-corrected chi connectivity index (χ2v) is 5.70. The van der Waals surface area contributed by atoms with Gasteiger partial charge in [-0.2, -0.15) is 0 Å². The summed E-state index contributed by atoms with van der Waals surface area (Å²) in [6, 6.07) is 10.3. The van der Waals surface area contributed by atoms with E-state index in [-0.39, 0.29) is 11.7 Å². The molecule has 4 heteroatoms. The van der Waals surface area contributed by atoms with Crippen LogP contribution in [0.3, 0.4) is 0 Å². The summed E-state index contributed by atoms with van der Waals surface area (Å²) < 4.78 is 0. The molecule has 0 atom stereocenters. The Kier molecular flexibility index (Phi) is 6.34. The van der Waals surface area contributed by atoms with Gasteiger partial charge in [-0.05, 0) is 12.5 Å². The highest BCUT2D eigenvalue weighted by Gasteiger charge is 2.20. The van der Waals surface area contributed by atoms with Crippen LogP contribution in [0.5, 0.6) is 0 Å². The first-order valence-corrected chi connectivity index (χ1v) is 7.86. The zero-order chi connectivity index (χ0) is 15.8. The van der Waals surface area contributed by atoms with Crippen molar-refractivity contribution in [3.63, 3.8) is 0 Å². The van der Waals surface area contributed by atoms with Crippen LogP contribution in [-0.4, -0.2) is 54.2 Å². The molecule has 1 amide bonds. The number of hydrogen-bond acceptors (Lipinski definition) is 3. The third-order valence-electron chi connectivity index (χ3n) is 3.89. The van der Waals surface area contributed by atoms with Gasteiger partial charge in [0.1, 0.15) is 5.78 Å². The average Bonchev–Trinajstić information content (AvgIpc) is 2.54. The zero-order valence-electron chi connectivity index (χ0n) is 13.2. The van der Waals surface area contributed by atoms with Crippen LogP contribution in [0.25, 0.3) is 6.08 Å². The molecule has 0 radical (unpaired) electrons. The Hall–Kier alpha value is -1.94. The molecule has 0 unspecified atom stereocenters. The summed E-state index contributed by atoms with van der Waals surface area (Å²) in [4.78, 5) is 27.1. The van der Waals surface area contributed by atoms with Gasteiger partial charge in [0, 0.05) is 45.6 Å². The molecule has 0 spiro atoms. The maximum Gasteiger partial charge on any atom is 0.223 e. The third-order valence-corrected chi connectivity index (χ3v) is 3.89. The van der Waals surface area contributed by atoms with Crippen LogP contribution in [-0.2, 0) is 9.59 Å². The van der Waals surface area contributed by atoms with E-state index >= 15 is 0 Å². The van der Waals surface area contributed by atoms with Crippen molar-refractivity contribution in [3.05, 3.63) is 42.0 Å². The number of benzene rings is 1. The van der Waals surface area contributed by atoms with Gasteiger partial charge in [0.25, 0.3) is 0 Å². The highest BCUT2D eigenvalue weighted by molar-refractivity contribution is 5.83. The minimum atomic E-state index is 0.0815. The van der Waals surface area contributed by atoms with E-state index in [4.69, 9.17) is 0 Å². The molecule has 0 aliphatic carbocycles. The summed E-state index contributed by atoms with van der Waals surface area (Å²) in [5, 5.41) is 0. The van der Waals surface area contributed by atoms with Gasteiger partial charge in [0.2, 0.25) is 5.91 Å². The van der Waals surface area contributed by atoms with Crippen molar-refractivity contribution in [1.29, 1.82) is 0 Å². The molecule has 1 aliphatic heterocycles. The lowest BCUT2D eigenvalue weighted by Crippen LogP contribution is -2.48. The maximum atomic E-state index is 11.9. The molecular weight excluding hydrogens is 276 g/mol. The lowest BCUT2D eigenvalue weighted by atomic mass is 10.2. The second kappa shape index (κ2) is 8.49. The second-order valence-electron chi connectivity index (χ2n) is 5.70. The third kappa shape index (κ3) is 5.45. The first-order chi connectivity index (χ1) is 10.6. The Labute approximate surface area is 132 Å². The fourth-order valence-electron chi connectivity index (χ4n) is 2.52. The molecule has 0 bridgehead atoms. The molecule has 0 aromatic heterocycles. The molecule has 1 saturated heterocycles. The fraction of sp³-hybridized carbons (Fsp3) is 0.444. The molecule has 1 aromatic rings. The number of Topliss-reactive ketones (excluding diaryl/α,β-unsaturated/α-hetero) is 1. The van der Waals surface area contributed by atoms with Gasteiger partial charge in [-0.1, -0.05) is 42.5 Å². The van der Waals surface area contributed by atoms with Crippen LogP contribution in [0.15, 0.2) is 36.4 Å². The number of rotatable bonds is 6. The van der Waals surface area contributed by atoms with Crippen LogP contribution in [0.4, 0.5) is 0 Å². The first kappa shape index (κ1) is 16.4. The summed E-state index contributed by atoms with van der Waals surface area (Å²) in [6.07, 6.45) is 5.01. The molecule has 0 N–H and O–H groups in total. The van der Waals surface area contributed by atoms with Gasteiger partial charge in [-0.15, -0.1) is 0 Å². The van der Waals surface area contributed by atoms with E-state index in [1.807, 2.05) is 23.1 Å². The van der Waals surface area contributed by atoms with Crippen LogP contribution in [0, 0.1) is 0 Å². The summed E-state index contributed by atoms with van der Waals surface area (Å²) in [5.41, 5.74) is 1.21. The highest BCUT2D eigenvalue weighted by Crippen LogP contribution is 2.07. The number of carbonyl (C=O) groups is 2. The monoisotopic (exact) mass is 300 g/mol. The molecule has 118 valence electrons. The van der Waals surface area contributed by atoms with E-state index in [0.29, 0.717) is 12.8 Å². The zero-order valence-corrected chi connectivity index (χ0v) is 13.2. The van der Waals surface area contributed by atoms with Gasteiger partial charge >= 0.3 is 0 Å². The standard InChI is InChI=1S/C18H24N2O2/c1-16(21)9-10-18(22)20-14-12-19(13-15-20)11-5-8-17-6-3-2-4-7-17/h2-8H,9-15H2,1H3/b8-5+. The van der Waals surface area contributed by atoms with Crippen LogP contribution >= 0.6 is 0 Å². The van der Waals surface area contributed by atoms with Crippen molar-refractivity contribution in [1.82, 2.24) is 9.80 Å². The van der Waals surface area contributed by atoms with Gasteiger partial charge in [0.15, 0.2) is 0 Å². The Morgan fingerprint density at radius 2 is 1.73 bits per heavy atom. The van der Waals surface area contributed by atoms with E-state index in [0.717, 1.165) is 32.7 Å². The van der Waals surface area contributed by atoms with Crippen molar-refractivity contribution in [3.8, 4) is 0 Å². The number of carbonyl (C=O) groups excluding carboxylic acids is 2. The molecule has 1 heterocycles. The Morgan fingerprint density at radius 1 is 1.05 bits per heavy atom. The number of nitrogens with zero attached hydrogens (tertiary/aromatic N) is 2. The van der Waals surface area contributed by atoms with Gasteiger partial charge in [0.05, 0.1) is 0 Å². The molecular formula is C18H24N2O2. The van der Waals surface area contributed by atoms with E-state index in [1.54, 1.807) is 0 Å². The summed E-state index contributed by atoms with van der Waals surface area (Å²) in [7, 11) is 0. The molecule has 22 heavy (non-hydrogen) atoms. The summed E-state index contributed by atoms with van der Waals surface area (Å²) >= 11 is 0. The molecule has 1 aromatic carbocycles. The lowest BCUT2D eigenvalue weighted by Gasteiger charge is -2.34. The predicted octanol–water partition coefficient (Wildman–Crippen LogP) is 2.21. The number of amides is 1. The van der Waals surface area contributed by atoms with Crippen LogP contribution in [0.1, 0.15) is 25.3 Å². The first-order valence-electron chi connectivity index (χ1n) is 7.86. The Balaban J connectivity index is 1.70. The molecule has 4 nitrogen and oxygen atoms in total. The predicted molar refractivity (Wildman–Crippen MR) is 88.4 cm³/mol. The van der Waals surface area contributed by atoms with E-state index in [2.05, 4.69) is 29.2 Å². The number of piperazine rings is 1.